The van der Waals surface area contributed by atoms with Crippen molar-refractivity contribution in [2.45, 2.75) is 32.1 Å². The molecule has 0 aromatic heterocycles. The van der Waals surface area contributed by atoms with Crippen molar-refractivity contribution in [3.05, 3.63) is 23.8 Å². The van der Waals surface area contributed by atoms with Gasteiger partial charge in [0.15, 0.2) is 0 Å². The third-order valence-corrected chi connectivity index (χ3v) is 3.63. The second-order valence-electron chi connectivity index (χ2n) is 5.01. The molecule has 19 heavy (non-hydrogen) atoms. The van der Waals surface area contributed by atoms with Gasteiger partial charge in [-0.15, -0.1) is 0 Å². The van der Waals surface area contributed by atoms with Crippen molar-refractivity contribution in [2.75, 3.05) is 25.1 Å². The van der Waals surface area contributed by atoms with Gasteiger partial charge in [0.25, 0.3) is 0 Å². The second-order valence-corrected chi connectivity index (χ2v) is 5.01. The zero-order chi connectivity index (χ0) is 13.8. The summed E-state index contributed by atoms with van der Waals surface area (Å²) in [4.78, 5) is 13.2. The van der Waals surface area contributed by atoms with Crippen molar-refractivity contribution < 1.29 is 14.6 Å². The first-order valence-corrected chi connectivity index (χ1v) is 6.81. The molecule has 1 aliphatic heterocycles. The number of carbonyl (C=O) groups is 1. The lowest BCUT2D eigenvalue weighted by Crippen LogP contribution is -2.17. The van der Waals surface area contributed by atoms with E-state index < -0.39 is 5.97 Å². The van der Waals surface area contributed by atoms with Gasteiger partial charge < -0.3 is 14.7 Å². The molecule has 1 aromatic carbocycles. The molecule has 1 heterocycles. The fourth-order valence-corrected chi connectivity index (χ4v) is 2.74. The number of benzene rings is 1. The number of ether oxygens (including phenoxy) is 1. The molecule has 0 saturated heterocycles. The molecule has 0 bridgehead atoms. The lowest BCUT2D eigenvalue weighted by molar-refractivity contribution is -0.137. The Morgan fingerprint density at radius 1 is 1.53 bits per heavy atom. The minimum atomic E-state index is -0.734. The van der Waals surface area contributed by atoms with Crippen molar-refractivity contribution in [3.63, 3.8) is 0 Å². The number of anilines is 1. The van der Waals surface area contributed by atoms with Crippen LogP contribution in [0.2, 0.25) is 0 Å². The first kappa shape index (κ1) is 13.7. The normalized spacial score (nSPS) is 18.6. The molecule has 1 aromatic rings. The summed E-state index contributed by atoms with van der Waals surface area (Å²) >= 11 is 0. The number of rotatable bonds is 4. The van der Waals surface area contributed by atoms with E-state index in [1.165, 1.54) is 0 Å². The summed E-state index contributed by atoms with van der Waals surface area (Å²) in [5.41, 5.74) is 2.24. The molecular formula is C15H21NO3. The van der Waals surface area contributed by atoms with Gasteiger partial charge in [-0.1, -0.05) is 0 Å². The highest BCUT2D eigenvalue weighted by atomic mass is 16.5. The Morgan fingerprint density at radius 2 is 2.32 bits per heavy atom. The molecule has 4 nitrogen and oxygen atoms in total. The zero-order valence-corrected chi connectivity index (χ0v) is 11.6. The third kappa shape index (κ3) is 3.19. The Balaban J connectivity index is 2.37. The second kappa shape index (κ2) is 5.95. The first-order chi connectivity index (χ1) is 9.11. The molecule has 1 atom stereocenters. The van der Waals surface area contributed by atoms with Crippen LogP contribution in [0.1, 0.15) is 37.7 Å². The van der Waals surface area contributed by atoms with E-state index in [0.29, 0.717) is 6.61 Å². The van der Waals surface area contributed by atoms with Crippen LogP contribution in [0.25, 0.3) is 0 Å². The Morgan fingerprint density at radius 3 is 3.00 bits per heavy atom. The highest BCUT2D eigenvalue weighted by Gasteiger charge is 2.23. The van der Waals surface area contributed by atoms with Crippen LogP contribution >= 0.6 is 0 Å². The lowest BCUT2D eigenvalue weighted by atomic mass is 9.91. The van der Waals surface area contributed by atoms with Crippen LogP contribution in [0.4, 0.5) is 5.69 Å². The van der Waals surface area contributed by atoms with Crippen molar-refractivity contribution >= 4 is 11.7 Å². The molecule has 2 rings (SSSR count). The van der Waals surface area contributed by atoms with E-state index in [1.807, 2.05) is 25.1 Å². The minimum absolute atomic E-state index is 0.0813. The summed E-state index contributed by atoms with van der Waals surface area (Å²) in [6.45, 7) is 3.54. The number of aliphatic carboxylic acids is 1. The van der Waals surface area contributed by atoms with E-state index in [0.717, 1.165) is 36.4 Å². The van der Waals surface area contributed by atoms with Crippen LogP contribution in [0.5, 0.6) is 5.75 Å². The van der Waals surface area contributed by atoms with Crippen LogP contribution in [0, 0.1) is 0 Å². The lowest BCUT2D eigenvalue weighted by Gasteiger charge is -2.22. The molecule has 0 saturated carbocycles. The third-order valence-electron chi connectivity index (χ3n) is 3.63. The van der Waals surface area contributed by atoms with E-state index in [2.05, 4.69) is 11.9 Å². The van der Waals surface area contributed by atoms with Crippen LogP contribution in [0.3, 0.4) is 0 Å². The molecular weight excluding hydrogens is 242 g/mol. The van der Waals surface area contributed by atoms with Gasteiger partial charge in [-0.3, -0.25) is 4.79 Å². The topological polar surface area (TPSA) is 49.8 Å². The summed E-state index contributed by atoms with van der Waals surface area (Å²) in [6, 6.07) is 6.01. The van der Waals surface area contributed by atoms with Crippen molar-refractivity contribution in [2.24, 2.45) is 0 Å². The Kier molecular flexibility index (Phi) is 4.30. The largest absolute Gasteiger partial charge is 0.494 e. The van der Waals surface area contributed by atoms with Crippen LogP contribution in [-0.2, 0) is 4.79 Å². The molecule has 0 radical (unpaired) electrons. The Bertz CT molecular complexity index is 459. The average molecular weight is 263 g/mol. The van der Waals surface area contributed by atoms with Gasteiger partial charge in [-0.05, 0) is 49.4 Å². The van der Waals surface area contributed by atoms with Crippen molar-refractivity contribution in [1.82, 2.24) is 0 Å². The van der Waals surface area contributed by atoms with Gasteiger partial charge in [-0.2, -0.15) is 0 Å². The first-order valence-electron chi connectivity index (χ1n) is 6.81. The maximum atomic E-state index is 11.0. The van der Waals surface area contributed by atoms with Gasteiger partial charge in [0, 0.05) is 19.3 Å². The molecule has 104 valence electrons. The van der Waals surface area contributed by atoms with E-state index in [4.69, 9.17) is 9.84 Å². The smallest absolute Gasteiger partial charge is 0.303 e. The Hall–Kier alpha value is -1.71. The molecule has 1 N–H and O–H groups in total. The van der Waals surface area contributed by atoms with E-state index in [-0.39, 0.29) is 12.3 Å². The number of carboxylic acids is 1. The number of fused-ring (bicyclic) bond motifs is 1. The summed E-state index contributed by atoms with van der Waals surface area (Å²) in [7, 11) is 2.06. The minimum Gasteiger partial charge on any atom is -0.494 e. The summed E-state index contributed by atoms with van der Waals surface area (Å²) in [6.07, 6.45) is 2.13. The fraction of sp³-hybridized carbons (Fsp3) is 0.533. The monoisotopic (exact) mass is 263 g/mol. The Labute approximate surface area is 114 Å². The zero-order valence-electron chi connectivity index (χ0n) is 11.6. The van der Waals surface area contributed by atoms with Gasteiger partial charge in [0.2, 0.25) is 0 Å². The van der Waals surface area contributed by atoms with Crippen molar-refractivity contribution in [1.29, 1.82) is 0 Å². The molecule has 0 spiro atoms. The molecule has 0 aliphatic carbocycles. The van der Waals surface area contributed by atoms with Crippen LogP contribution in [0.15, 0.2) is 18.2 Å². The maximum absolute atomic E-state index is 11.0. The van der Waals surface area contributed by atoms with Crippen molar-refractivity contribution in [3.8, 4) is 5.75 Å². The number of nitrogens with zero attached hydrogens (tertiary/aromatic N) is 1. The predicted octanol–water partition coefficient (Wildman–Crippen LogP) is 2.87. The van der Waals surface area contributed by atoms with Gasteiger partial charge in [-0.25, -0.2) is 0 Å². The number of hydrogen-bond acceptors (Lipinski definition) is 3. The molecule has 4 heteroatoms. The maximum Gasteiger partial charge on any atom is 0.303 e. The van der Waals surface area contributed by atoms with E-state index in [1.54, 1.807) is 0 Å². The van der Waals surface area contributed by atoms with Crippen LogP contribution in [-0.4, -0.2) is 31.3 Å². The SMILES string of the molecule is CCOc1ccc2c(c1)C(CC(=O)O)CCCN2C. The standard InChI is InChI=1S/C15H21NO3/c1-3-19-12-6-7-14-13(10-12)11(9-15(17)18)5-4-8-16(14)2/h6-7,10-11H,3-5,8-9H2,1-2H3,(H,17,18). The molecule has 0 amide bonds. The quantitative estimate of drug-likeness (QED) is 0.907. The van der Waals surface area contributed by atoms with Gasteiger partial charge >= 0.3 is 5.97 Å². The molecule has 1 unspecified atom stereocenters. The summed E-state index contributed by atoms with van der Waals surface area (Å²) in [5, 5.41) is 9.08. The highest BCUT2D eigenvalue weighted by molar-refractivity contribution is 5.69. The van der Waals surface area contributed by atoms with Gasteiger partial charge in [0.1, 0.15) is 5.75 Å². The molecule has 0 fully saturated rings. The highest BCUT2D eigenvalue weighted by Crippen LogP contribution is 2.38. The van der Waals surface area contributed by atoms with Gasteiger partial charge in [0.05, 0.1) is 13.0 Å². The van der Waals surface area contributed by atoms with Crippen LogP contribution < -0.4 is 9.64 Å². The molecule has 1 aliphatic rings. The summed E-state index contributed by atoms with van der Waals surface area (Å²) < 4.78 is 5.54. The van der Waals surface area contributed by atoms with E-state index >= 15 is 0 Å². The fourth-order valence-electron chi connectivity index (χ4n) is 2.74. The average Bonchev–Trinajstić information content (AvgIpc) is 2.50. The number of hydrogen-bond donors (Lipinski definition) is 1. The van der Waals surface area contributed by atoms with E-state index in [9.17, 15) is 4.79 Å². The number of carboxylic acid groups (broad SMARTS) is 1. The predicted molar refractivity (Wildman–Crippen MR) is 75.1 cm³/mol. The summed E-state index contributed by atoms with van der Waals surface area (Å²) in [5.74, 6) is 0.173.